The van der Waals surface area contributed by atoms with Crippen LogP contribution in [0.25, 0.3) is 0 Å². The summed E-state index contributed by atoms with van der Waals surface area (Å²) >= 11 is 4.58. The molecule has 1 aromatic carbocycles. The molecule has 23 heavy (non-hydrogen) atoms. The zero-order valence-corrected chi connectivity index (χ0v) is 12.2. The zero-order chi connectivity index (χ0) is 16.9. The van der Waals surface area contributed by atoms with Crippen LogP contribution < -0.4 is 15.9 Å². The van der Waals surface area contributed by atoms with Crippen LogP contribution in [0.3, 0.4) is 0 Å². The van der Waals surface area contributed by atoms with Gasteiger partial charge >= 0.3 is 12.2 Å². The molecule has 0 saturated carbocycles. The van der Waals surface area contributed by atoms with Gasteiger partial charge in [-0.05, 0) is 48.1 Å². The number of benzene rings is 1. The lowest BCUT2D eigenvalue weighted by molar-refractivity contribution is -0.141. The Morgan fingerprint density at radius 1 is 1.26 bits per heavy atom. The third-order valence-corrected chi connectivity index (χ3v) is 2.49. The Kier molecular flexibility index (Phi) is 5.06. The fraction of sp³-hybridized carbons (Fsp3) is 0.0769. The van der Waals surface area contributed by atoms with E-state index in [0.717, 1.165) is 12.3 Å². The van der Waals surface area contributed by atoms with Gasteiger partial charge in [0.2, 0.25) is 0 Å². The summed E-state index contributed by atoms with van der Waals surface area (Å²) in [5.41, 5.74) is 7.22. The van der Waals surface area contributed by atoms with Gasteiger partial charge in [0.15, 0.2) is 10.8 Å². The summed E-state index contributed by atoms with van der Waals surface area (Å²) < 4.78 is 42.8. The van der Waals surface area contributed by atoms with E-state index in [9.17, 15) is 13.2 Å². The van der Waals surface area contributed by atoms with Crippen molar-refractivity contribution >= 4 is 23.5 Å². The normalized spacial score (nSPS) is 11.4. The van der Waals surface area contributed by atoms with E-state index in [1.165, 1.54) is 18.3 Å². The lowest BCUT2D eigenvalue weighted by atomic mass is 10.2. The predicted molar refractivity (Wildman–Crippen MR) is 81.1 cm³/mol. The standard InChI is InChI=1S/C13H10F3N5OS/c14-13(15,16)10-5-6-18-12(20-10)22-9-3-1-8(2-4-9)7-19-21-11(17)23/h1-7H,(H3,17,21,23). The molecule has 0 bridgehead atoms. The monoisotopic (exact) mass is 341 g/mol. The maximum absolute atomic E-state index is 12.6. The summed E-state index contributed by atoms with van der Waals surface area (Å²) in [6.45, 7) is 0. The van der Waals surface area contributed by atoms with E-state index in [-0.39, 0.29) is 10.9 Å². The van der Waals surface area contributed by atoms with Gasteiger partial charge < -0.3 is 10.5 Å². The number of nitrogens with zero attached hydrogens (tertiary/aromatic N) is 3. The second-order valence-electron chi connectivity index (χ2n) is 4.13. The molecule has 10 heteroatoms. The summed E-state index contributed by atoms with van der Waals surface area (Å²) in [6, 6.07) is 6.71. The van der Waals surface area contributed by atoms with Crippen LogP contribution >= 0.6 is 12.2 Å². The average Bonchev–Trinajstić information content (AvgIpc) is 2.48. The van der Waals surface area contributed by atoms with Crippen LogP contribution in [-0.4, -0.2) is 21.3 Å². The second-order valence-corrected chi connectivity index (χ2v) is 4.57. The number of hydrogen-bond donors (Lipinski definition) is 2. The predicted octanol–water partition coefficient (Wildman–Crippen LogP) is 2.45. The summed E-state index contributed by atoms with van der Waals surface area (Å²) in [6.07, 6.45) is -2.12. The highest BCUT2D eigenvalue weighted by Crippen LogP contribution is 2.28. The van der Waals surface area contributed by atoms with Crippen molar-refractivity contribution in [2.75, 3.05) is 0 Å². The lowest BCUT2D eigenvalue weighted by Crippen LogP contribution is -2.23. The fourth-order valence-electron chi connectivity index (χ4n) is 1.45. The van der Waals surface area contributed by atoms with Crippen LogP contribution in [0, 0.1) is 0 Å². The third kappa shape index (κ3) is 5.18. The molecule has 0 saturated heterocycles. The van der Waals surface area contributed by atoms with Crippen molar-refractivity contribution in [3.05, 3.63) is 47.8 Å². The number of rotatable bonds is 4. The van der Waals surface area contributed by atoms with Crippen LogP contribution in [0.2, 0.25) is 0 Å². The number of thiocarbonyl (C=S) groups is 1. The average molecular weight is 341 g/mol. The Morgan fingerprint density at radius 2 is 1.96 bits per heavy atom. The van der Waals surface area contributed by atoms with Crippen LogP contribution in [0.15, 0.2) is 41.6 Å². The van der Waals surface area contributed by atoms with Gasteiger partial charge in [-0.15, -0.1) is 0 Å². The molecule has 1 aromatic heterocycles. The minimum Gasteiger partial charge on any atom is -0.424 e. The Hall–Kier alpha value is -2.75. The molecule has 0 aliphatic carbocycles. The first kappa shape index (κ1) is 16.6. The number of aromatic nitrogens is 2. The van der Waals surface area contributed by atoms with E-state index >= 15 is 0 Å². The van der Waals surface area contributed by atoms with Gasteiger partial charge in [-0.2, -0.15) is 23.3 Å². The van der Waals surface area contributed by atoms with Crippen LogP contribution in [0.1, 0.15) is 11.3 Å². The molecule has 3 N–H and O–H groups in total. The topological polar surface area (TPSA) is 85.4 Å². The summed E-state index contributed by atoms with van der Waals surface area (Å²) in [5, 5.41) is 3.79. The molecule has 0 amide bonds. The van der Waals surface area contributed by atoms with Gasteiger partial charge in [0.05, 0.1) is 6.21 Å². The zero-order valence-electron chi connectivity index (χ0n) is 11.4. The highest BCUT2D eigenvalue weighted by molar-refractivity contribution is 7.80. The highest BCUT2D eigenvalue weighted by Gasteiger charge is 2.33. The van der Waals surface area contributed by atoms with Gasteiger partial charge in [-0.1, -0.05) is 0 Å². The van der Waals surface area contributed by atoms with Gasteiger partial charge in [0.1, 0.15) is 5.75 Å². The molecular formula is C13H10F3N5OS. The number of alkyl halides is 3. The van der Waals surface area contributed by atoms with E-state index in [0.29, 0.717) is 5.56 Å². The Bertz CT molecular complexity index is 718. The molecule has 0 aliphatic rings. The second kappa shape index (κ2) is 7.01. The summed E-state index contributed by atoms with van der Waals surface area (Å²) in [7, 11) is 0. The fourth-order valence-corrected chi connectivity index (χ4v) is 1.50. The van der Waals surface area contributed by atoms with Crippen LogP contribution in [-0.2, 0) is 6.18 Å². The number of nitrogens with two attached hydrogens (primary N) is 1. The summed E-state index contributed by atoms with van der Waals surface area (Å²) in [5.74, 6) is 0.281. The Balaban J connectivity index is 2.06. The maximum Gasteiger partial charge on any atom is 0.433 e. The SMILES string of the molecule is NC(=S)NN=Cc1ccc(Oc2nccc(C(F)(F)F)n2)cc1. The van der Waals surface area contributed by atoms with Crippen molar-refractivity contribution in [1.82, 2.24) is 15.4 Å². The lowest BCUT2D eigenvalue weighted by Gasteiger charge is -2.07. The Morgan fingerprint density at radius 3 is 2.57 bits per heavy atom. The smallest absolute Gasteiger partial charge is 0.424 e. The largest absolute Gasteiger partial charge is 0.433 e. The first-order valence-electron chi connectivity index (χ1n) is 6.11. The number of nitrogens with one attached hydrogen (secondary N) is 1. The molecule has 0 atom stereocenters. The van der Waals surface area contributed by atoms with E-state index in [2.05, 4.69) is 32.7 Å². The van der Waals surface area contributed by atoms with Crippen molar-refractivity contribution in [3.63, 3.8) is 0 Å². The van der Waals surface area contributed by atoms with Crippen molar-refractivity contribution in [3.8, 4) is 11.8 Å². The molecule has 6 nitrogen and oxygen atoms in total. The van der Waals surface area contributed by atoms with E-state index in [1.807, 2.05) is 0 Å². The first-order valence-corrected chi connectivity index (χ1v) is 6.52. The molecule has 0 aliphatic heterocycles. The minimum absolute atomic E-state index is 0.0305. The molecule has 0 spiro atoms. The van der Waals surface area contributed by atoms with Crippen molar-refractivity contribution < 1.29 is 17.9 Å². The van der Waals surface area contributed by atoms with Crippen LogP contribution in [0.5, 0.6) is 11.8 Å². The number of ether oxygens (including phenoxy) is 1. The summed E-state index contributed by atoms with van der Waals surface area (Å²) in [4.78, 5) is 6.95. The molecule has 2 rings (SSSR count). The van der Waals surface area contributed by atoms with E-state index in [1.54, 1.807) is 12.1 Å². The number of halogens is 3. The number of hydrogen-bond acceptors (Lipinski definition) is 5. The quantitative estimate of drug-likeness (QED) is 0.505. The minimum atomic E-state index is -4.56. The van der Waals surface area contributed by atoms with Crippen molar-refractivity contribution in [2.24, 2.45) is 10.8 Å². The van der Waals surface area contributed by atoms with Crippen molar-refractivity contribution in [2.45, 2.75) is 6.18 Å². The van der Waals surface area contributed by atoms with Gasteiger partial charge in [0.25, 0.3) is 0 Å². The van der Waals surface area contributed by atoms with Gasteiger partial charge in [-0.3, -0.25) is 5.43 Å². The maximum atomic E-state index is 12.6. The molecule has 0 radical (unpaired) electrons. The van der Waals surface area contributed by atoms with E-state index < -0.39 is 17.9 Å². The molecule has 0 unspecified atom stereocenters. The molecule has 1 heterocycles. The van der Waals surface area contributed by atoms with E-state index in [4.69, 9.17) is 10.5 Å². The molecule has 0 fully saturated rings. The molecular weight excluding hydrogens is 331 g/mol. The first-order chi connectivity index (χ1) is 10.8. The molecule has 2 aromatic rings. The number of hydrazone groups is 1. The molecule has 120 valence electrons. The Labute approximate surface area is 134 Å². The van der Waals surface area contributed by atoms with Gasteiger partial charge in [0, 0.05) is 6.20 Å². The van der Waals surface area contributed by atoms with Crippen molar-refractivity contribution in [1.29, 1.82) is 0 Å². The highest BCUT2D eigenvalue weighted by atomic mass is 32.1. The van der Waals surface area contributed by atoms with Gasteiger partial charge in [-0.25, -0.2) is 4.98 Å². The van der Waals surface area contributed by atoms with Crippen LogP contribution in [0.4, 0.5) is 13.2 Å². The third-order valence-electron chi connectivity index (χ3n) is 2.40.